The first-order valence-electron chi connectivity index (χ1n) is 10.8. The van der Waals surface area contributed by atoms with Crippen LogP contribution in [0.15, 0.2) is 29.1 Å². The number of carbonyl (C=O) groups excluding carboxylic acids is 1. The van der Waals surface area contributed by atoms with Gasteiger partial charge in [-0.05, 0) is 37.5 Å². The number of fused-ring (bicyclic) bond motifs is 1. The van der Waals surface area contributed by atoms with Gasteiger partial charge in [0.2, 0.25) is 10.1 Å². The van der Waals surface area contributed by atoms with Crippen LogP contribution < -0.4 is 25.2 Å². The van der Waals surface area contributed by atoms with E-state index in [2.05, 4.69) is 20.3 Å². The zero-order valence-corrected chi connectivity index (χ0v) is 19.1. The van der Waals surface area contributed by atoms with Gasteiger partial charge in [-0.15, -0.1) is 5.10 Å². The molecular weight excluding hydrogens is 430 g/mol. The summed E-state index contributed by atoms with van der Waals surface area (Å²) in [4.78, 5) is 31.8. The molecule has 9 nitrogen and oxygen atoms in total. The molecule has 3 aromatic rings. The van der Waals surface area contributed by atoms with E-state index in [0.29, 0.717) is 23.1 Å². The Bertz CT molecular complexity index is 1150. The number of rotatable bonds is 7. The summed E-state index contributed by atoms with van der Waals surface area (Å²) in [5.74, 6) is 0.861. The first-order valence-corrected chi connectivity index (χ1v) is 11.6. The summed E-state index contributed by atoms with van der Waals surface area (Å²) in [6, 6.07) is 6.72. The molecule has 1 fully saturated rings. The van der Waals surface area contributed by atoms with E-state index < -0.39 is 5.56 Å². The van der Waals surface area contributed by atoms with E-state index >= 15 is 0 Å². The van der Waals surface area contributed by atoms with Crippen LogP contribution in [0.2, 0.25) is 0 Å². The van der Waals surface area contributed by atoms with Crippen molar-refractivity contribution in [2.45, 2.75) is 39.2 Å². The molecule has 1 saturated heterocycles. The second-order valence-corrected chi connectivity index (χ2v) is 8.50. The topological polar surface area (TPSA) is 98.1 Å². The number of ether oxygens (including phenoxy) is 2. The molecule has 0 spiro atoms. The molecular formula is C22H27N5O4S. The fourth-order valence-corrected chi connectivity index (χ4v) is 4.69. The summed E-state index contributed by atoms with van der Waals surface area (Å²) < 4.78 is 12.4. The van der Waals surface area contributed by atoms with Crippen molar-refractivity contribution >= 4 is 27.3 Å². The average molecular weight is 458 g/mol. The summed E-state index contributed by atoms with van der Waals surface area (Å²) in [5.41, 5.74) is 0.573. The molecule has 0 saturated carbocycles. The zero-order valence-electron chi connectivity index (χ0n) is 18.3. The van der Waals surface area contributed by atoms with Crippen molar-refractivity contribution in [3.63, 3.8) is 0 Å². The Kier molecular flexibility index (Phi) is 6.89. The minimum Gasteiger partial charge on any atom is -0.493 e. The maximum atomic E-state index is 13.0. The number of hydrogen-bond acceptors (Lipinski definition) is 8. The maximum Gasteiger partial charge on any atom is 0.274 e. The van der Waals surface area contributed by atoms with E-state index in [-0.39, 0.29) is 18.1 Å². The first-order chi connectivity index (χ1) is 15.6. The molecule has 0 atom stereocenters. The number of nitrogens with zero attached hydrogens (tertiary/aromatic N) is 4. The molecule has 1 aliphatic heterocycles. The van der Waals surface area contributed by atoms with Crippen LogP contribution in [0, 0.1) is 0 Å². The lowest BCUT2D eigenvalue weighted by Gasteiger charge is -2.17. The Hall–Kier alpha value is -3.14. The number of aromatic nitrogens is 3. The number of nitrogens with one attached hydrogen (secondary N) is 1. The largest absolute Gasteiger partial charge is 0.493 e. The summed E-state index contributed by atoms with van der Waals surface area (Å²) >= 11 is 1.34. The summed E-state index contributed by atoms with van der Waals surface area (Å²) in [6.07, 6.45) is 4.64. The number of carbonyl (C=O) groups is 1. The van der Waals surface area contributed by atoms with Crippen LogP contribution in [-0.2, 0) is 6.54 Å². The maximum absolute atomic E-state index is 13.0. The van der Waals surface area contributed by atoms with Crippen molar-refractivity contribution in [2.75, 3.05) is 31.7 Å². The van der Waals surface area contributed by atoms with Crippen LogP contribution in [0.25, 0.3) is 4.96 Å². The van der Waals surface area contributed by atoms with Gasteiger partial charge in [0, 0.05) is 25.7 Å². The zero-order chi connectivity index (χ0) is 22.5. The van der Waals surface area contributed by atoms with Crippen molar-refractivity contribution in [1.29, 1.82) is 0 Å². The summed E-state index contributed by atoms with van der Waals surface area (Å²) in [5, 5.41) is 8.27. The number of anilines is 1. The summed E-state index contributed by atoms with van der Waals surface area (Å²) in [7, 11) is 1.58. The third-order valence-electron chi connectivity index (χ3n) is 5.33. The SMILES string of the molecule is CCOc1cc(CNC(=O)c2cc(=O)nc3sc(N4CCCCCC4)nn23)ccc1OC. The van der Waals surface area contributed by atoms with Crippen molar-refractivity contribution in [3.8, 4) is 11.5 Å². The highest BCUT2D eigenvalue weighted by Crippen LogP contribution is 2.28. The van der Waals surface area contributed by atoms with E-state index in [1.165, 1.54) is 34.8 Å². The molecule has 1 amide bonds. The van der Waals surface area contributed by atoms with Crippen molar-refractivity contribution in [1.82, 2.24) is 19.9 Å². The van der Waals surface area contributed by atoms with Gasteiger partial charge < -0.3 is 19.7 Å². The second kappa shape index (κ2) is 9.99. The van der Waals surface area contributed by atoms with Crippen LogP contribution in [0.3, 0.4) is 0 Å². The smallest absolute Gasteiger partial charge is 0.274 e. The Morgan fingerprint density at radius 1 is 1.16 bits per heavy atom. The third kappa shape index (κ3) is 4.85. The molecule has 10 heteroatoms. The molecule has 32 heavy (non-hydrogen) atoms. The highest BCUT2D eigenvalue weighted by molar-refractivity contribution is 7.20. The highest BCUT2D eigenvalue weighted by atomic mass is 32.1. The Balaban J connectivity index is 1.55. The van der Waals surface area contributed by atoms with Crippen LogP contribution >= 0.6 is 11.3 Å². The predicted octanol–water partition coefficient (Wildman–Crippen LogP) is 2.87. The van der Waals surface area contributed by atoms with E-state index in [1.54, 1.807) is 13.2 Å². The van der Waals surface area contributed by atoms with E-state index in [4.69, 9.17) is 9.47 Å². The number of methoxy groups -OCH3 is 1. The van der Waals surface area contributed by atoms with Gasteiger partial charge >= 0.3 is 0 Å². The van der Waals surface area contributed by atoms with E-state index in [0.717, 1.165) is 36.6 Å². The van der Waals surface area contributed by atoms with Crippen LogP contribution in [-0.4, -0.2) is 47.3 Å². The predicted molar refractivity (Wildman–Crippen MR) is 123 cm³/mol. The lowest BCUT2D eigenvalue weighted by atomic mass is 10.2. The Labute approximate surface area is 190 Å². The molecule has 1 N–H and O–H groups in total. The Morgan fingerprint density at radius 3 is 2.66 bits per heavy atom. The monoisotopic (exact) mass is 457 g/mol. The van der Waals surface area contributed by atoms with Gasteiger partial charge in [0.1, 0.15) is 5.69 Å². The molecule has 0 aliphatic carbocycles. The standard InChI is InChI=1S/C22H27N5O4S/c1-3-31-18-12-15(8-9-17(18)30-2)14-23-20(29)16-13-19(28)24-21-27(16)25-22(32-21)26-10-6-4-5-7-11-26/h8-9,12-13H,3-7,10-11,14H2,1-2H3,(H,23,29). The first kappa shape index (κ1) is 22.1. The van der Waals surface area contributed by atoms with E-state index in [1.807, 2.05) is 19.1 Å². The summed E-state index contributed by atoms with van der Waals surface area (Å²) in [6.45, 7) is 4.52. The van der Waals surface area contributed by atoms with Crippen LogP contribution in [0.5, 0.6) is 11.5 Å². The van der Waals surface area contributed by atoms with Gasteiger partial charge in [-0.25, -0.2) is 0 Å². The van der Waals surface area contributed by atoms with Gasteiger partial charge in [0.25, 0.3) is 11.5 Å². The quantitative estimate of drug-likeness (QED) is 0.583. The fraction of sp³-hybridized carbons (Fsp3) is 0.455. The number of benzene rings is 1. The average Bonchev–Trinajstić information content (AvgIpc) is 3.02. The van der Waals surface area contributed by atoms with Gasteiger partial charge in [0.15, 0.2) is 11.5 Å². The molecule has 4 rings (SSSR count). The molecule has 2 aromatic heterocycles. The molecule has 1 aliphatic rings. The van der Waals surface area contributed by atoms with Gasteiger partial charge in [-0.1, -0.05) is 30.2 Å². The van der Waals surface area contributed by atoms with Crippen molar-refractivity contribution in [3.05, 3.63) is 45.9 Å². The van der Waals surface area contributed by atoms with Gasteiger partial charge in [-0.3, -0.25) is 9.59 Å². The molecule has 0 radical (unpaired) electrons. The van der Waals surface area contributed by atoms with Gasteiger partial charge in [0.05, 0.1) is 13.7 Å². The van der Waals surface area contributed by atoms with Crippen molar-refractivity contribution < 1.29 is 14.3 Å². The number of amides is 1. The molecule has 0 unspecified atom stereocenters. The molecule has 170 valence electrons. The Morgan fingerprint density at radius 2 is 1.94 bits per heavy atom. The van der Waals surface area contributed by atoms with Crippen LogP contribution in [0.4, 0.5) is 5.13 Å². The highest BCUT2D eigenvalue weighted by Gasteiger charge is 2.19. The van der Waals surface area contributed by atoms with Gasteiger partial charge in [-0.2, -0.15) is 9.50 Å². The fourth-order valence-electron chi connectivity index (χ4n) is 3.73. The number of hydrogen-bond donors (Lipinski definition) is 1. The lowest BCUT2D eigenvalue weighted by molar-refractivity contribution is 0.0943. The van der Waals surface area contributed by atoms with Crippen molar-refractivity contribution in [2.24, 2.45) is 0 Å². The van der Waals surface area contributed by atoms with Crippen LogP contribution in [0.1, 0.15) is 48.7 Å². The third-order valence-corrected chi connectivity index (χ3v) is 6.30. The molecule has 1 aromatic carbocycles. The minimum atomic E-state index is -0.454. The molecule has 0 bridgehead atoms. The normalized spacial score (nSPS) is 14.2. The lowest BCUT2D eigenvalue weighted by Crippen LogP contribution is -2.28. The molecule has 3 heterocycles. The second-order valence-electron chi connectivity index (χ2n) is 7.56. The minimum absolute atomic E-state index is 0.177. The van der Waals surface area contributed by atoms with E-state index in [9.17, 15) is 9.59 Å².